The second-order valence-corrected chi connectivity index (χ2v) is 8.42. The molecular weight excluding hydrogens is 572 g/mol. The highest BCUT2D eigenvalue weighted by molar-refractivity contribution is 5.98. The fourth-order valence-electron chi connectivity index (χ4n) is 4.40. The summed E-state index contributed by atoms with van der Waals surface area (Å²) in [5.74, 6) is 2.88. The number of ketones is 2. The van der Waals surface area contributed by atoms with E-state index < -0.39 is 0 Å². The van der Waals surface area contributed by atoms with Crippen LogP contribution < -0.4 is 62.7 Å². The lowest BCUT2D eigenvalue weighted by atomic mass is 10.1. The second-order valence-electron chi connectivity index (χ2n) is 8.42. The van der Waals surface area contributed by atoms with Gasteiger partial charge in [0.25, 0.3) is 0 Å². The van der Waals surface area contributed by atoms with Gasteiger partial charge >= 0.3 is 0 Å². The van der Waals surface area contributed by atoms with E-state index in [9.17, 15) is 9.59 Å². The summed E-state index contributed by atoms with van der Waals surface area (Å²) >= 11 is 0. The number of Topliss-reactive ketones (excluding diaryl/α,β-unsaturated/α-hetero) is 2. The number of piperazine rings is 1. The topological polar surface area (TPSA) is 79.9 Å². The zero-order valence-corrected chi connectivity index (χ0v) is 21.9. The highest BCUT2D eigenvalue weighted by Crippen LogP contribution is 2.31. The average molecular weight is 600 g/mol. The molecule has 34 heavy (non-hydrogen) atoms. The summed E-state index contributed by atoms with van der Waals surface area (Å²) in [6, 6.07) is 10.8. The largest absolute Gasteiger partial charge is 1.00 e. The Labute approximate surface area is 219 Å². The summed E-state index contributed by atoms with van der Waals surface area (Å²) in [6.07, 6.45) is 0. The van der Waals surface area contributed by atoms with Crippen molar-refractivity contribution < 1.29 is 72.3 Å². The Balaban J connectivity index is 0.00000162. The third kappa shape index (κ3) is 6.10. The molecule has 0 saturated carbocycles. The summed E-state index contributed by atoms with van der Waals surface area (Å²) in [6.45, 7) is 6.42. The maximum absolute atomic E-state index is 12.8. The minimum atomic E-state index is 0. The first-order valence-electron chi connectivity index (χ1n) is 11.2. The maximum atomic E-state index is 12.8. The molecule has 5 rings (SSSR count). The highest BCUT2D eigenvalue weighted by Gasteiger charge is 2.28. The van der Waals surface area contributed by atoms with Crippen molar-refractivity contribution in [2.75, 3.05) is 65.7 Å². The summed E-state index contributed by atoms with van der Waals surface area (Å²) in [4.78, 5) is 28.0. The average Bonchev–Trinajstić information content (AvgIpc) is 2.84. The van der Waals surface area contributed by atoms with Crippen molar-refractivity contribution in [3.05, 3.63) is 47.5 Å². The Bertz CT molecular complexity index is 945. The number of nitrogens with one attached hydrogen (secondary N) is 2. The molecule has 2 aromatic carbocycles. The second kappa shape index (κ2) is 12.0. The first kappa shape index (κ1) is 26.5. The number of carbonyl (C=O) groups is 2. The van der Waals surface area contributed by atoms with Gasteiger partial charge in [0.1, 0.15) is 65.7 Å². The molecule has 3 aliphatic heterocycles. The molecule has 3 aliphatic rings. The van der Waals surface area contributed by atoms with Crippen molar-refractivity contribution >= 4 is 11.6 Å². The van der Waals surface area contributed by atoms with Crippen LogP contribution in [0.4, 0.5) is 0 Å². The van der Waals surface area contributed by atoms with Crippen molar-refractivity contribution in [3.8, 4) is 23.0 Å². The number of rotatable bonds is 6. The molecule has 184 valence electrons. The molecule has 1 fully saturated rings. The number of quaternary nitrogens is 2. The lowest BCUT2D eigenvalue weighted by molar-refractivity contribution is -1.00. The summed E-state index contributed by atoms with van der Waals surface area (Å²) < 4.78 is 22.2. The summed E-state index contributed by atoms with van der Waals surface area (Å²) in [7, 11) is 0. The Kier molecular flexibility index (Phi) is 9.35. The van der Waals surface area contributed by atoms with Crippen LogP contribution in [0.5, 0.6) is 23.0 Å². The molecule has 1 saturated heterocycles. The zero-order chi connectivity index (χ0) is 21.9. The Morgan fingerprint density at radius 3 is 1.32 bits per heavy atom. The van der Waals surface area contributed by atoms with E-state index in [0.717, 1.165) is 26.2 Å². The lowest BCUT2D eigenvalue weighted by Gasteiger charge is -2.29. The third-order valence-electron chi connectivity index (χ3n) is 6.21. The Morgan fingerprint density at radius 2 is 0.941 bits per heavy atom. The van der Waals surface area contributed by atoms with Crippen LogP contribution in [0.15, 0.2) is 36.4 Å². The smallest absolute Gasteiger partial charge is 0.217 e. The quantitative estimate of drug-likeness (QED) is 0.322. The van der Waals surface area contributed by atoms with Gasteiger partial charge in [0, 0.05) is 11.1 Å². The Hall–Kier alpha value is -2.14. The van der Waals surface area contributed by atoms with Gasteiger partial charge in [-0.25, -0.2) is 0 Å². The number of benzene rings is 2. The molecule has 0 amide bonds. The van der Waals surface area contributed by atoms with Gasteiger partial charge in [0.15, 0.2) is 23.0 Å². The van der Waals surface area contributed by atoms with E-state index in [4.69, 9.17) is 18.9 Å². The molecule has 0 atom stereocenters. The minimum absolute atomic E-state index is 0. The molecule has 2 N–H and O–H groups in total. The fraction of sp³-hybridized carbons (Fsp3) is 0.417. The summed E-state index contributed by atoms with van der Waals surface area (Å²) in [5, 5.41) is 0. The molecule has 0 aliphatic carbocycles. The minimum Gasteiger partial charge on any atom is -1.00 e. The van der Waals surface area contributed by atoms with Crippen molar-refractivity contribution in [3.63, 3.8) is 0 Å². The molecule has 0 bridgehead atoms. The van der Waals surface area contributed by atoms with Crippen LogP contribution in [0.3, 0.4) is 0 Å². The first-order chi connectivity index (χ1) is 15.7. The summed E-state index contributed by atoms with van der Waals surface area (Å²) in [5.41, 5.74) is 1.32. The lowest BCUT2D eigenvalue weighted by Crippen LogP contribution is -3.28. The molecule has 10 heteroatoms. The van der Waals surface area contributed by atoms with E-state index in [1.54, 1.807) is 12.1 Å². The van der Waals surface area contributed by atoms with Crippen LogP contribution in [0.1, 0.15) is 20.7 Å². The SMILES string of the molecule is O=C(C[NH+]1CC[NH+](CC(=O)c2ccc3c(c2)OCCO3)CC1)c1ccc2c(c1)OCCO2.[Br-].[Br-]. The molecule has 2 aromatic rings. The molecule has 8 nitrogen and oxygen atoms in total. The third-order valence-corrected chi connectivity index (χ3v) is 6.21. The van der Waals surface area contributed by atoms with E-state index in [1.807, 2.05) is 24.3 Å². The zero-order valence-electron chi connectivity index (χ0n) is 18.7. The van der Waals surface area contributed by atoms with Crippen molar-refractivity contribution in [1.82, 2.24) is 0 Å². The van der Waals surface area contributed by atoms with Crippen LogP contribution in [-0.2, 0) is 0 Å². The van der Waals surface area contributed by atoms with Gasteiger partial charge in [0.05, 0.1) is 0 Å². The number of halogens is 2. The van der Waals surface area contributed by atoms with Gasteiger partial charge in [-0.15, -0.1) is 0 Å². The monoisotopic (exact) mass is 598 g/mol. The number of hydrogen-bond acceptors (Lipinski definition) is 6. The van der Waals surface area contributed by atoms with E-state index in [0.29, 0.717) is 73.6 Å². The molecule has 0 spiro atoms. The van der Waals surface area contributed by atoms with E-state index in [-0.39, 0.29) is 45.5 Å². The van der Waals surface area contributed by atoms with Gasteiger partial charge in [-0.3, -0.25) is 9.59 Å². The molecule has 0 aromatic heterocycles. The van der Waals surface area contributed by atoms with Gasteiger partial charge in [-0.2, -0.15) is 0 Å². The van der Waals surface area contributed by atoms with Crippen LogP contribution in [-0.4, -0.2) is 77.3 Å². The molecular formula is C24H28Br2N2O6. The predicted octanol–water partition coefficient (Wildman–Crippen LogP) is -6.91. The van der Waals surface area contributed by atoms with E-state index in [2.05, 4.69) is 0 Å². The van der Waals surface area contributed by atoms with Crippen molar-refractivity contribution in [2.45, 2.75) is 0 Å². The number of carbonyl (C=O) groups excluding carboxylic acids is 2. The molecule has 0 unspecified atom stereocenters. The van der Waals surface area contributed by atoms with E-state index in [1.165, 1.54) is 9.80 Å². The normalized spacial score (nSPS) is 20.4. The van der Waals surface area contributed by atoms with Crippen molar-refractivity contribution in [2.24, 2.45) is 0 Å². The van der Waals surface area contributed by atoms with Gasteiger partial charge in [0.2, 0.25) is 11.6 Å². The predicted molar refractivity (Wildman–Crippen MR) is 115 cm³/mol. The number of ether oxygens (including phenoxy) is 4. The molecule has 3 heterocycles. The van der Waals surface area contributed by atoms with Crippen LogP contribution in [0.25, 0.3) is 0 Å². The van der Waals surface area contributed by atoms with Crippen molar-refractivity contribution in [1.29, 1.82) is 0 Å². The standard InChI is InChI=1S/C24H26N2O6.2BrH/c27-19(17-1-3-21-23(13-17)31-11-9-29-21)15-25-5-7-26(8-6-25)16-20(28)18-2-4-22-24(14-18)32-12-10-30-22;;/h1-4,13-14H,5-12,15-16H2;2*1H. The van der Waals surface area contributed by atoms with Gasteiger partial charge in [-0.1, -0.05) is 0 Å². The Morgan fingerprint density at radius 1 is 0.588 bits per heavy atom. The van der Waals surface area contributed by atoms with E-state index >= 15 is 0 Å². The van der Waals surface area contributed by atoms with Gasteiger partial charge in [-0.05, 0) is 36.4 Å². The first-order valence-corrected chi connectivity index (χ1v) is 11.2. The van der Waals surface area contributed by atoms with Gasteiger partial charge < -0.3 is 62.7 Å². The van der Waals surface area contributed by atoms with Crippen LogP contribution in [0.2, 0.25) is 0 Å². The maximum Gasteiger partial charge on any atom is 0.217 e. The van der Waals surface area contributed by atoms with Crippen LogP contribution in [0, 0.1) is 0 Å². The highest BCUT2D eigenvalue weighted by atomic mass is 79.9. The van der Waals surface area contributed by atoms with Crippen LogP contribution >= 0.6 is 0 Å². The number of fused-ring (bicyclic) bond motifs is 2. The molecule has 0 radical (unpaired) electrons. The number of hydrogen-bond donors (Lipinski definition) is 2. The fourth-order valence-corrected chi connectivity index (χ4v) is 4.40.